The van der Waals surface area contributed by atoms with Gasteiger partial charge in [-0.05, 0) is 31.2 Å². The van der Waals surface area contributed by atoms with Gasteiger partial charge in [-0.25, -0.2) is 9.78 Å². The monoisotopic (exact) mass is 348 g/mol. The molecule has 0 saturated carbocycles. The molecule has 7 nitrogen and oxygen atoms in total. The standard InChI is InChI=1S/C19H12N2O5/c1-11-15(20-16(25-11)12-7-3-2-4-8-12)19(24)26-21-17(22)13-9-5-6-10-14(13)18(21)23/h2-10H,1H3. The lowest BCUT2D eigenvalue weighted by Gasteiger charge is -2.11. The predicted octanol–water partition coefficient (Wildman–Crippen LogP) is 3.02. The quantitative estimate of drug-likeness (QED) is 0.676. The van der Waals surface area contributed by atoms with Crippen molar-refractivity contribution in [2.75, 3.05) is 0 Å². The Hall–Kier alpha value is -3.74. The topological polar surface area (TPSA) is 89.7 Å². The number of hydrogen-bond acceptors (Lipinski definition) is 6. The van der Waals surface area contributed by atoms with Crippen molar-refractivity contribution >= 4 is 17.8 Å². The van der Waals surface area contributed by atoms with Crippen LogP contribution < -0.4 is 0 Å². The zero-order valence-electron chi connectivity index (χ0n) is 13.6. The summed E-state index contributed by atoms with van der Waals surface area (Å²) < 4.78 is 5.50. The van der Waals surface area contributed by atoms with E-state index in [2.05, 4.69) is 4.98 Å². The van der Waals surface area contributed by atoms with E-state index in [1.807, 2.05) is 18.2 Å². The lowest BCUT2D eigenvalue weighted by Crippen LogP contribution is -2.33. The molecule has 2 aromatic carbocycles. The minimum absolute atomic E-state index is 0.0968. The number of amides is 2. The van der Waals surface area contributed by atoms with Crippen molar-refractivity contribution in [3.05, 3.63) is 77.2 Å². The largest absolute Gasteiger partial charge is 0.441 e. The van der Waals surface area contributed by atoms with Crippen LogP contribution in [-0.2, 0) is 4.84 Å². The predicted molar refractivity (Wildman–Crippen MR) is 89.0 cm³/mol. The number of hydroxylamine groups is 2. The van der Waals surface area contributed by atoms with Crippen LogP contribution in [0.4, 0.5) is 0 Å². The van der Waals surface area contributed by atoms with Gasteiger partial charge in [0.25, 0.3) is 11.8 Å². The number of carbonyl (C=O) groups is 3. The van der Waals surface area contributed by atoms with Gasteiger partial charge < -0.3 is 9.25 Å². The van der Waals surface area contributed by atoms with Crippen LogP contribution in [0.15, 0.2) is 59.0 Å². The van der Waals surface area contributed by atoms with Gasteiger partial charge in [0, 0.05) is 5.56 Å². The molecule has 26 heavy (non-hydrogen) atoms. The molecule has 0 fully saturated rings. The van der Waals surface area contributed by atoms with Crippen molar-refractivity contribution < 1.29 is 23.6 Å². The van der Waals surface area contributed by atoms with Gasteiger partial charge in [0.2, 0.25) is 5.89 Å². The Morgan fingerprint density at radius 3 is 2.15 bits per heavy atom. The highest BCUT2D eigenvalue weighted by Crippen LogP contribution is 2.25. The maximum atomic E-state index is 12.4. The average molecular weight is 348 g/mol. The molecular formula is C19H12N2O5. The molecule has 0 aliphatic carbocycles. The van der Waals surface area contributed by atoms with Gasteiger partial charge in [0.15, 0.2) is 5.69 Å². The van der Waals surface area contributed by atoms with Crippen molar-refractivity contribution in [3.8, 4) is 11.5 Å². The summed E-state index contributed by atoms with van der Waals surface area (Å²) in [6.45, 7) is 1.55. The van der Waals surface area contributed by atoms with Crippen molar-refractivity contribution in [1.82, 2.24) is 10.0 Å². The van der Waals surface area contributed by atoms with Crippen molar-refractivity contribution in [1.29, 1.82) is 0 Å². The minimum Gasteiger partial charge on any atom is -0.441 e. The fourth-order valence-electron chi connectivity index (χ4n) is 2.67. The van der Waals surface area contributed by atoms with Crippen molar-refractivity contribution in [2.24, 2.45) is 0 Å². The molecule has 2 heterocycles. The normalized spacial score (nSPS) is 13.0. The third-order valence-electron chi connectivity index (χ3n) is 3.94. The first-order valence-electron chi connectivity index (χ1n) is 7.79. The number of imide groups is 1. The number of oxazole rings is 1. The third kappa shape index (κ3) is 2.46. The van der Waals surface area contributed by atoms with E-state index < -0.39 is 17.8 Å². The molecule has 7 heteroatoms. The Morgan fingerprint density at radius 1 is 0.962 bits per heavy atom. The smallest absolute Gasteiger partial charge is 0.385 e. The van der Waals surface area contributed by atoms with Gasteiger partial charge in [-0.2, -0.15) is 0 Å². The first kappa shape index (κ1) is 15.8. The second kappa shape index (κ2) is 5.96. The first-order valence-corrected chi connectivity index (χ1v) is 7.79. The maximum absolute atomic E-state index is 12.4. The van der Waals surface area contributed by atoms with Gasteiger partial charge in [-0.15, -0.1) is 0 Å². The third-order valence-corrected chi connectivity index (χ3v) is 3.94. The molecule has 0 atom stereocenters. The van der Waals surface area contributed by atoms with Gasteiger partial charge in [0.1, 0.15) is 5.76 Å². The number of carbonyl (C=O) groups excluding carboxylic acids is 3. The molecule has 128 valence electrons. The number of nitrogens with zero attached hydrogens (tertiary/aromatic N) is 2. The van der Waals surface area contributed by atoms with E-state index in [-0.39, 0.29) is 28.5 Å². The number of fused-ring (bicyclic) bond motifs is 1. The fourth-order valence-corrected chi connectivity index (χ4v) is 2.67. The Kier molecular flexibility index (Phi) is 3.62. The SMILES string of the molecule is Cc1oc(-c2ccccc2)nc1C(=O)ON1C(=O)c2ccccc2C1=O. The molecule has 0 N–H and O–H groups in total. The van der Waals surface area contributed by atoms with E-state index in [9.17, 15) is 14.4 Å². The Labute approximate surface area is 147 Å². The molecule has 0 bridgehead atoms. The summed E-state index contributed by atoms with van der Waals surface area (Å²) in [4.78, 5) is 46.1. The summed E-state index contributed by atoms with van der Waals surface area (Å²) in [5.41, 5.74) is 0.968. The zero-order valence-corrected chi connectivity index (χ0v) is 13.6. The molecule has 0 unspecified atom stereocenters. The van der Waals surface area contributed by atoms with Crippen LogP contribution in [0.2, 0.25) is 0 Å². The Balaban J connectivity index is 1.59. The highest BCUT2D eigenvalue weighted by atomic mass is 16.7. The molecule has 0 spiro atoms. The van der Waals surface area contributed by atoms with Crippen molar-refractivity contribution in [3.63, 3.8) is 0 Å². The van der Waals surface area contributed by atoms with E-state index in [4.69, 9.17) is 9.25 Å². The zero-order chi connectivity index (χ0) is 18.3. The van der Waals surface area contributed by atoms with Crippen LogP contribution in [0.25, 0.3) is 11.5 Å². The number of benzene rings is 2. The number of aromatic nitrogens is 1. The van der Waals surface area contributed by atoms with Gasteiger partial charge in [-0.3, -0.25) is 9.59 Å². The lowest BCUT2D eigenvalue weighted by atomic mass is 10.1. The lowest BCUT2D eigenvalue weighted by molar-refractivity contribution is -0.0589. The summed E-state index contributed by atoms with van der Waals surface area (Å²) >= 11 is 0. The minimum atomic E-state index is -0.942. The average Bonchev–Trinajstić information content (AvgIpc) is 3.17. The molecule has 1 aliphatic heterocycles. The highest BCUT2D eigenvalue weighted by Gasteiger charge is 2.39. The fraction of sp³-hybridized carbons (Fsp3) is 0.0526. The number of rotatable bonds is 3. The van der Waals surface area contributed by atoms with Crippen LogP contribution >= 0.6 is 0 Å². The van der Waals surface area contributed by atoms with Crippen LogP contribution in [0.1, 0.15) is 37.0 Å². The molecule has 1 aliphatic rings. The van der Waals surface area contributed by atoms with Crippen molar-refractivity contribution in [2.45, 2.75) is 6.92 Å². The van der Waals surface area contributed by atoms with E-state index in [0.29, 0.717) is 10.6 Å². The molecular weight excluding hydrogens is 336 g/mol. The molecule has 4 rings (SSSR count). The summed E-state index contributed by atoms with van der Waals surface area (Å²) in [5.74, 6) is -1.85. The summed E-state index contributed by atoms with van der Waals surface area (Å²) in [6.07, 6.45) is 0. The second-order valence-corrected chi connectivity index (χ2v) is 5.62. The van der Waals surface area contributed by atoms with E-state index in [1.54, 1.807) is 31.2 Å². The van der Waals surface area contributed by atoms with Gasteiger partial charge in [-0.1, -0.05) is 35.4 Å². The van der Waals surface area contributed by atoms with Gasteiger partial charge in [0.05, 0.1) is 11.1 Å². The van der Waals surface area contributed by atoms with Crippen LogP contribution in [-0.4, -0.2) is 27.8 Å². The molecule has 1 aromatic heterocycles. The number of aryl methyl sites for hydroxylation is 1. The maximum Gasteiger partial charge on any atom is 0.385 e. The summed E-state index contributed by atoms with van der Waals surface area (Å²) in [7, 11) is 0. The number of hydrogen-bond donors (Lipinski definition) is 0. The molecule has 3 aromatic rings. The second-order valence-electron chi connectivity index (χ2n) is 5.62. The van der Waals surface area contributed by atoms with Crippen LogP contribution in [0.3, 0.4) is 0 Å². The van der Waals surface area contributed by atoms with Crippen LogP contribution in [0, 0.1) is 6.92 Å². The van der Waals surface area contributed by atoms with Crippen LogP contribution in [0.5, 0.6) is 0 Å². The first-order chi connectivity index (χ1) is 12.6. The summed E-state index contributed by atoms with van der Waals surface area (Å²) in [5, 5.41) is 0.448. The Morgan fingerprint density at radius 2 is 1.54 bits per heavy atom. The molecule has 0 saturated heterocycles. The highest BCUT2D eigenvalue weighted by molar-refractivity contribution is 6.21. The van der Waals surface area contributed by atoms with E-state index in [1.165, 1.54) is 12.1 Å². The summed E-state index contributed by atoms with van der Waals surface area (Å²) in [6, 6.07) is 15.3. The van der Waals surface area contributed by atoms with E-state index >= 15 is 0 Å². The molecule has 2 amide bonds. The van der Waals surface area contributed by atoms with E-state index in [0.717, 1.165) is 0 Å². The Bertz CT molecular complexity index is 1000. The van der Waals surface area contributed by atoms with Gasteiger partial charge >= 0.3 is 5.97 Å². The molecule has 0 radical (unpaired) electrons.